The largest absolute Gasteiger partial charge is 0.497 e. The molecule has 32 heavy (non-hydrogen) atoms. The highest BCUT2D eigenvalue weighted by atomic mass is 16.5. The first kappa shape index (κ1) is 23.1. The van der Waals surface area contributed by atoms with Crippen LogP contribution in [0.2, 0.25) is 0 Å². The maximum Gasteiger partial charge on any atom is 0.229 e. The minimum absolute atomic E-state index is 0.000492. The summed E-state index contributed by atoms with van der Waals surface area (Å²) in [5, 5.41) is 2.91. The Labute approximate surface area is 188 Å². The fraction of sp³-hybridized carbons (Fsp3) is 0.375. The van der Waals surface area contributed by atoms with Gasteiger partial charge in [0.2, 0.25) is 17.7 Å². The lowest BCUT2D eigenvalue weighted by Crippen LogP contribution is -2.29. The van der Waals surface area contributed by atoms with Crippen LogP contribution in [0.1, 0.15) is 25.8 Å². The topological polar surface area (TPSA) is 88.2 Å². The second kappa shape index (κ2) is 10.2. The maximum absolute atomic E-state index is 12.9. The van der Waals surface area contributed by atoms with Crippen molar-refractivity contribution in [2.45, 2.75) is 26.8 Å². The van der Waals surface area contributed by atoms with Gasteiger partial charge in [0.15, 0.2) is 0 Å². The molecule has 0 bridgehead atoms. The van der Waals surface area contributed by atoms with Crippen LogP contribution >= 0.6 is 0 Å². The minimum Gasteiger partial charge on any atom is -0.497 e. The molecule has 0 aromatic heterocycles. The van der Waals surface area contributed by atoms with Crippen LogP contribution in [0.15, 0.2) is 42.5 Å². The fourth-order valence-corrected chi connectivity index (χ4v) is 3.78. The fourth-order valence-electron chi connectivity index (χ4n) is 3.78. The number of hydrogen-bond donors (Lipinski definition) is 1. The first-order chi connectivity index (χ1) is 15.4. The summed E-state index contributed by atoms with van der Waals surface area (Å²) in [5.74, 6) is 0.277. The molecule has 1 saturated heterocycles. The number of ether oxygens (including phenoxy) is 2. The lowest BCUT2D eigenvalue weighted by Gasteiger charge is -2.20. The van der Waals surface area contributed by atoms with Gasteiger partial charge in [0, 0.05) is 44.7 Å². The first-order valence-electron chi connectivity index (χ1n) is 10.5. The number of nitrogens with one attached hydrogen (secondary N) is 1. The lowest BCUT2D eigenvalue weighted by molar-refractivity contribution is -0.129. The number of nitrogens with zero attached hydrogens (tertiary/aromatic N) is 2. The standard InChI is InChI=1S/C24H29N3O5/c1-5-26(16(2)28)14-17-7-6-8-19(11-17)25-24(30)18-12-23(29)27(15-18)21-13-20(31-3)9-10-22(21)32-4/h6-11,13,18H,5,12,14-15H2,1-4H3,(H,25,30). The van der Waals surface area contributed by atoms with E-state index in [4.69, 9.17) is 9.47 Å². The van der Waals surface area contributed by atoms with Crippen LogP contribution in [0, 0.1) is 5.92 Å². The Kier molecular flexibility index (Phi) is 7.35. The molecule has 0 radical (unpaired) electrons. The summed E-state index contributed by atoms with van der Waals surface area (Å²) in [4.78, 5) is 40.6. The van der Waals surface area contributed by atoms with Gasteiger partial charge in [0.1, 0.15) is 11.5 Å². The minimum atomic E-state index is -0.494. The van der Waals surface area contributed by atoms with Crippen molar-refractivity contribution in [1.29, 1.82) is 0 Å². The third-order valence-electron chi connectivity index (χ3n) is 5.57. The summed E-state index contributed by atoms with van der Waals surface area (Å²) < 4.78 is 10.7. The zero-order valence-electron chi connectivity index (χ0n) is 18.9. The molecule has 3 rings (SSSR count). The summed E-state index contributed by atoms with van der Waals surface area (Å²) in [6.07, 6.45) is 0.111. The molecule has 2 aromatic rings. The van der Waals surface area contributed by atoms with Crippen molar-refractivity contribution in [3.63, 3.8) is 0 Å². The normalized spacial score (nSPS) is 15.4. The second-order valence-corrected chi connectivity index (χ2v) is 7.67. The number of amides is 3. The second-order valence-electron chi connectivity index (χ2n) is 7.67. The molecule has 0 spiro atoms. The molecule has 170 valence electrons. The van der Waals surface area contributed by atoms with E-state index in [1.165, 1.54) is 14.0 Å². The summed E-state index contributed by atoms with van der Waals surface area (Å²) in [6, 6.07) is 12.6. The summed E-state index contributed by atoms with van der Waals surface area (Å²) in [7, 11) is 3.09. The van der Waals surface area contributed by atoms with Gasteiger partial charge >= 0.3 is 0 Å². The predicted octanol–water partition coefficient (Wildman–Crippen LogP) is 3.06. The van der Waals surface area contributed by atoms with Crippen molar-refractivity contribution in [2.24, 2.45) is 5.92 Å². The van der Waals surface area contributed by atoms with Crippen molar-refractivity contribution in [3.8, 4) is 11.5 Å². The Morgan fingerprint density at radius 1 is 1.16 bits per heavy atom. The van der Waals surface area contributed by atoms with Crippen LogP contribution < -0.4 is 19.7 Å². The van der Waals surface area contributed by atoms with E-state index in [0.717, 1.165) is 5.56 Å². The molecular formula is C24H29N3O5. The maximum atomic E-state index is 12.9. The molecule has 2 aromatic carbocycles. The van der Waals surface area contributed by atoms with Crippen molar-refractivity contribution >= 4 is 29.1 Å². The highest BCUT2D eigenvalue weighted by Crippen LogP contribution is 2.36. The number of carbonyl (C=O) groups is 3. The highest BCUT2D eigenvalue weighted by Gasteiger charge is 2.36. The number of rotatable bonds is 8. The molecule has 0 aliphatic carbocycles. The van der Waals surface area contributed by atoms with E-state index in [0.29, 0.717) is 36.0 Å². The molecule has 1 heterocycles. The zero-order valence-corrected chi connectivity index (χ0v) is 18.9. The average Bonchev–Trinajstić information content (AvgIpc) is 3.18. The number of carbonyl (C=O) groups excluding carboxylic acids is 3. The highest BCUT2D eigenvalue weighted by molar-refractivity contribution is 6.04. The average molecular weight is 440 g/mol. The van der Waals surface area contributed by atoms with Crippen molar-refractivity contribution in [1.82, 2.24) is 4.90 Å². The van der Waals surface area contributed by atoms with Gasteiger partial charge in [-0.05, 0) is 36.8 Å². The van der Waals surface area contributed by atoms with Crippen LogP contribution in [0.3, 0.4) is 0 Å². The van der Waals surface area contributed by atoms with Gasteiger partial charge in [-0.25, -0.2) is 0 Å². The van der Waals surface area contributed by atoms with Gasteiger partial charge in [-0.15, -0.1) is 0 Å². The predicted molar refractivity (Wildman–Crippen MR) is 122 cm³/mol. The zero-order chi connectivity index (χ0) is 23.3. The number of methoxy groups -OCH3 is 2. The van der Waals surface area contributed by atoms with Crippen LogP contribution in [0.4, 0.5) is 11.4 Å². The van der Waals surface area contributed by atoms with Crippen LogP contribution in [0.25, 0.3) is 0 Å². The Bertz CT molecular complexity index is 1010. The molecule has 1 N–H and O–H groups in total. The van der Waals surface area contributed by atoms with Crippen molar-refractivity contribution in [3.05, 3.63) is 48.0 Å². The Morgan fingerprint density at radius 2 is 1.94 bits per heavy atom. The molecule has 1 unspecified atom stereocenters. The SMILES string of the molecule is CCN(Cc1cccc(NC(=O)C2CC(=O)N(c3cc(OC)ccc3OC)C2)c1)C(C)=O. The lowest BCUT2D eigenvalue weighted by atomic mass is 10.1. The van der Waals surface area contributed by atoms with Gasteiger partial charge in [-0.1, -0.05) is 12.1 Å². The first-order valence-corrected chi connectivity index (χ1v) is 10.5. The Morgan fingerprint density at radius 3 is 2.59 bits per heavy atom. The van der Waals surface area contributed by atoms with Gasteiger partial charge in [-0.2, -0.15) is 0 Å². The van der Waals surface area contributed by atoms with E-state index in [9.17, 15) is 14.4 Å². The molecule has 8 nitrogen and oxygen atoms in total. The monoisotopic (exact) mass is 439 g/mol. The summed E-state index contributed by atoms with van der Waals surface area (Å²) >= 11 is 0. The summed E-state index contributed by atoms with van der Waals surface area (Å²) in [5.41, 5.74) is 2.14. The molecule has 1 aliphatic rings. The van der Waals surface area contributed by atoms with Gasteiger partial charge < -0.3 is 24.6 Å². The smallest absolute Gasteiger partial charge is 0.229 e. The van der Waals surface area contributed by atoms with E-state index in [2.05, 4.69) is 5.32 Å². The third kappa shape index (κ3) is 5.19. The molecule has 3 amide bonds. The van der Waals surface area contributed by atoms with Crippen LogP contribution in [-0.2, 0) is 20.9 Å². The van der Waals surface area contributed by atoms with Gasteiger partial charge in [0.05, 0.1) is 25.8 Å². The molecule has 1 fully saturated rings. The quantitative estimate of drug-likeness (QED) is 0.683. The van der Waals surface area contributed by atoms with E-state index < -0.39 is 5.92 Å². The summed E-state index contributed by atoms with van der Waals surface area (Å²) in [6.45, 7) is 4.80. The van der Waals surface area contributed by atoms with Crippen molar-refractivity contribution in [2.75, 3.05) is 37.5 Å². The Hall–Kier alpha value is -3.55. The van der Waals surface area contributed by atoms with Gasteiger partial charge in [0.25, 0.3) is 0 Å². The number of hydrogen-bond acceptors (Lipinski definition) is 5. The van der Waals surface area contributed by atoms with E-state index >= 15 is 0 Å². The van der Waals surface area contributed by atoms with Crippen LogP contribution in [-0.4, -0.2) is 49.9 Å². The third-order valence-corrected chi connectivity index (χ3v) is 5.57. The molecule has 0 saturated carbocycles. The van der Waals surface area contributed by atoms with Crippen LogP contribution in [0.5, 0.6) is 11.5 Å². The number of anilines is 2. The Balaban J connectivity index is 1.71. The molecule has 1 atom stereocenters. The molecule has 8 heteroatoms. The van der Waals surface area contributed by atoms with E-state index in [1.807, 2.05) is 25.1 Å². The molecule has 1 aliphatic heterocycles. The van der Waals surface area contributed by atoms with Gasteiger partial charge in [-0.3, -0.25) is 14.4 Å². The van der Waals surface area contributed by atoms with Crippen molar-refractivity contribution < 1.29 is 23.9 Å². The number of benzene rings is 2. The van der Waals surface area contributed by atoms with E-state index in [-0.39, 0.29) is 30.7 Å². The molecular weight excluding hydrogens is 410 g/mol. The van der Waals surface area contributed by atoms with E-state index in [1.54, 1.807) is 41.2 Å².